The topological polar surface area (TPSA) is 49.8 Å². The molecule has 4 nitrogen and oxygen atoms in total. The molecule has 4 heteroatoms. The van der Waals surface area contributed by atoms with Crippen molar-refractivity contribution in [3.8, 4) is 0 Å². The van der Waals surface area contributed by atoms with E-state index in [1.54, 1.807) is 0 Å². The molecule has 0 radical (unpaired) electrons. The van der Waals surface area contributed by atoms with Crippen molar-refractivity contribution in [2.75, 3.05) is 25.0 Å². The van der Waals surface area contributed by atoms with E-state index in [-0.39, 0.29) is 0 Å². The van der Waals surface area contributed by atoms with Gasteiger partial charge in [-0.15, -0.1) is 0 Å². The molecule has 1 saturated heterocycles. The highest BCUT2D eigenvalue weighted by Crippen LogP contribution is 2.13. The van der Waals surface area contributed by atoms with Crippen molar-refractivity contribution < 1.29 is 0 Å². The summed E-state index contributed by atoms with van der Waals surface area (Å²) in [6.07, 6.45) is 6.32. The Kier molecular flexibility index (Phi) is 4.31. The van der Waals surface area contributed by atoms with Crippen LogP contribution >= 0.6 is 0 Å². The molecule has 0 aliphatic carbocycles. The predicted molar refractivity (Wildman–Crippen MR) is 70.2 cm³/mol. The lowest BCUT2D eigenvalue weighted by atomic mass is 10.1. The highest BCUT2D eigenvalue weighted by molar-refractivity contribution is 5.25. The normalized spacial score (nSPS) is 19.8. The summed E-state index contributed by atoms with van der Waals surface area (Å²) < 4.78 is 0. The van der Waals surface area contributed by atoms with Crippen LogP contribution in [0.5, 0.6) is 0 Å². The second kappa shape index (κ2) is 5.96. The molecule has 1 aromatic heterocycles. The molecule has 1 fully saturated rings. The van der Waals surface area contributed by atoms with Crippen molar-refractivity contribution in [1.29, 1.82) is 0 Å². The number of anilines is 1. The summed E-state index contributed by atoms with van der Waals surface area (Å²) in [5, 5.41) is 6.67. The van der Waals surface area contributed by atoms with Crippen molar-refractivity contribution in [3.05, 3.63) is 18.0 Å². The SMILES string of the molecule is CC(C)c1cnc(NCCC2CCNC2)nc1. The molecule has 1 aliphatic heterocycles. The van der Waals surface area contributed by atoms with Gasteiger partial charge in [-0.1, -0.05) is 13.8 Å². The molecule has 2 heterocycles. The van der Waals surface area contributed by atoms with Crippen LogP contribution in [0.2, 0.25) is 0 Å². The molecule has 2 N–H and O–H groups in total. The minimum Gasteiger partial charge on any atom is -0.354 e. The molecule has 0 aromatic carbocycles. The Balaban J connectivity index is 1.74. The third-order valence-electron chi connectivity index (χ3n) is 3.34. The maximum atomic E-state index is 4.33. The second-order valence-corrected chi connectivity index (χ2v) is 5.07. The van der Waals surface area contributed by atoms with Gasteiger partial charge in [0, 0.05) is 18.9 Å². The minimum absolute atomic E-state index is 0.494. The van der Waals surface area contributed by atoms with E-state index in [0.717, 1.165) is 25.0 Å². The first kappa shape index (κ1) is 12.3. The van der Waals surface area contributed by atoms with Crippen molar-refractivity contribution in [2.24, 2.45) is 5.92 Å². The largest absolute Gasteiger partial charge is 0.354 e. The maximum Gasteiger partial charge on any atom is 0.222 e. The molecule has 0 amide bonds. The number of aromatic nitrogens is 2. The van der Waals surface area contributed by atoms with Crippen molar-refractivity contribution in [2.45, 2.75) is 32.6 Å². The molecule has 17 heavy (non-hydrogen) atoms. The van der Waals surface area contributed by atoms with E-state index >= 15 is 0 Å². The van der Waals surface area contributed by atoms with Crippen LogP contribution in [0, 0.1) is 5.92 Å². The Morgan fingerprint density at radius 1 is 1.41 bits per heavy atom. The van der Waals surface area contributed by atoms with E-state index in [4.69, 9.17) is 0 Å². The zero-order valence-electron chi connectivity index (χ0n) is 10.7. The van der Waals surface area contributed by atoms with E-state index in [1.807, 2.05) is 12.4 Å². The fraction of sp³-hybridized carbons (Fsp3) is 0.692. The van der Waals surface area contributed by atoms with Gasteiger partial charge in [-0.05, 0) is 43.3 Å². The molecule has 1 unspecified atom stereocenters. The summed E-state index contributed by atoms with van der Waals surface area (Å²) in [6.45, 7) is 7.60. The first-order valence-electron chi connectivity index (χ1n) is 6.52. The van der Waals surface area contributed by atoms with Crippen LogP contribution in [0.4, 0.5) is 5.95 Å². The van der Waals surface area contributed by atoms with E-state index < -0.39 is 0 Å². The average Bonchev–Trinajstić information content (AvgIpc) is 2.83. The van der Waals surface area contributed by atoms with Crippen LogP contribution < -0.4 is 10.6 Å². The maximum absolute atomic E-state index is 4.33. The lowest BCUT2D eigenvalue weighted by molar-refractivity contribution is 0.548. The van der Waals surface area contributed by atoms with Gasteiger partial charge in [-0.25, -0.2) is 9.97 Å². The zero-order valence-corrected chi connectivity index (χ0v) is 10.7. The third kappa shape index (κ3) is 3.66. The Morgan fingerprint density at radius 3 is 2.76 bits per heavy atom. The van der Waals surface area contributed by atoms with Gasteiger partial charge in [-0.3, -0.25) is 0 Å². The Hall–Kier alpha value is -1.16. The highest BCUT2D eigenvalue weighted by Gasteiger charge is 2.13. The lowest BCUT2D eigenvalue weighted by Crippen LogP contribution is -2.13. The monoisotopic (exact) mass is 234 g/mol. The van der Waals surface area contributed by atoms with E-state index in [2.05, 4.69) is 34.4 Å². The molecule has 0 bridgehead atoms. The summed E-state index contributed by atoms with van der Waals surface area (Å²) in [4.78, 5) is 8.65. The summed E-state index contributed by atoms with van der Waals surface area (Å²) >= 11 is 0. The van der Waals surface area contributed by atoms with Crippen LogP contribution in [-0.2, 0) is 0 Å². The molecule has 2 rings (SSSR count). The van der Waals surface area contributed by atoms with Gasteiger partial charge in [0.15, 0.2) is 0 Å². The van der Waals surface area contributed by atoms with Crippen LogP contribution in [0.25, 0.3) is 0 Å². The molecular formula is C13H22N4. The van der Waals surface area contributed by atoms with Gasteiger partial charge in [-0.2, -0.15) is 0 Å². The van der Waals surface area contributed by atoms with Crippen molar-refractivity contribution in [1.82, 2.24) is 15.3 Å². The number of nitrogens with zero attached hydrogens (tertiary/aromatic N) is 2. The summed E-state index contributed by atoms with van der Waals surface area (Å²) in [5.74, 6) is 2.06. The second-order valence-electron chi connectivity index (χ2n) is 5.07. The van der Waals surface area contributed by atoms with Gasteiger partial charge in [0.1, 0.15) is 0 Å². The van der Waals surface area contributed by atoms with Gasteiger partial charge >= 0.3 is 0 Å². The number of hydrogen-bond acceptors (Lipinski definition) is 4. The summed E-state index contributed by atoms with van der Waals surface area (Å²) in [5.41, 5.74) is 1.19. The van der Waals surface area contributed by atoms with Crippen LogP contribution in [0.15, 0.2) is 12.4 Å². The van der Waals surface area contributed by atoms with Crippen LogP contribution in [-0.4, -0.2) is 29.6 Å². The number of nitrogens with one attached hydrogen (secondary N) is 2. The predicted octanol–water partition coefficient (Wildman–Crippen LogP) is 2.01. The summed E-state index contributed by atoms with van der Waals surface area (Å²) in [7, 11) is 0. The molecule has 1 aliphatic rings. The molecular weight excluding hydrogens is 212 g/mol. The molecule has 0 spiro atoms. The minimum atomic E-state index is 0.494. The van der Waals surface area contributed by atoms with Crippen molar-refractivity contribution >= 4 is 5.95 Å². The van der Waals surface area contributed by atoms with Gasteiger partial charge in [0.05, 0.1) is 0 Å². The molecule has 1 aromatic rings. The first-order chi connectivity index (χ1) is 8.25. The fourth-order valence-corrected chi connectivity index (χ4v) is 2.08. The first-order valence-corrected chi connectivity index (χ1v) is 6.52. The summed E-state index contributed by atoms with van der Waals surface area (Å²) in [6, 6.07) is 0. The Morgan fingerprint density at radius 2 is 2.18 bits per heavy atom. The van der Waals surface area contributed by atoms with Gasteiger partial charge in [0.2, 0.25) is 5.95 Å². The lowest BCUT2D eigenvalue weighted by Gasteiger charge is -2.10. The van der Waals surface area contributed by atoms with Gasteiger partial charge in [0.25, 0.3) is 0 Å². The fourth-order valence-electron chi connectivity index (χ4n) is 2.08. The average molecular weight is 234 g/mol. The van der Waals surface area contributed by atoms with Crippen LogP contribution in [0.3, 0.4) is 0 Å². The van der Waals surface area contributed by atoms with Gasteiger partial charge < -0.3 is 10.6 Å². The zero-order chi connectivity index (χ0) is 12.1. The van der Waals surface area contributed by atoms with E-state index in [9.17, 15) is 0 Å². The van der Waals surface area contributed by atoms with Crippen LogP contribution in [0.1, 0.15) is 38.2 Å². The Labute approximate surface area is 103 Å². The smallest absolute Gasteiger partial charge is 0.222 e. The number of hydrogen-bond donors (Lipinski definition) is 2. The Bertz CT molecular complexity index is 328. The van der Waals surface area contributed by atoms with E-state index in [1.165, 1.54) is 24.9 Å². The number of rotatable bonds is 5. The molecule has 1 atom stereocenters. The molecule has 0 saturated carbocycles. The highest BCUT2D eigenvalue weighted by atomic mass is 15.1. The quantitative estimate of drug-likeness (QED) is 0.818. The van der Waals surface area contributed by atoms with E-state index in [0.29, 0.717) is 5.92 Å². The third-order valence-corrected chi connectivity index (χ3v) is 3.34. The van der Waals surface area contributed by atoms with Crippen molar-refractivity contribution in [3.63, 3.8) is 0 Å². The standard InChI is InChI=1S/C13H22N4/c1-10(2)12-8-16-13(17-9-12)15-6-4-11-3-5-14-7-11/h8-11,14H,3-7H2,1-2H3,(H,15,16,17). The molecule has 94 valence electrons.